The van der Waals surface area contributed by atoms with Crippen molar-refractivity contribution >= 4 is 6.72 Å². The molecule has 0 N–H and O–H groups in total. The number of allylic oxidation sites excluding steroid dienone is 3. The van der Waals surface area contributed by atoms with Gasteiger partial charge >= 0.3 is 5.82 Å². The SMILES string of the molecule is C=N/C(=C\C=C(/C)N1CCC(N2CCOCC2)CC1)[N+](=O)[O-]. The van der Waals surface area contributed by atoms with Crippen LogP contribution in [-0.4, -0.2) is 66.9 Å². The lowest BCUT2D eigenvalue weighted by Gasteiger charge is -2.41. The Morgan fingerprint density at radius 1 is 1.27 bits per heavy atom. The highest BCUT2D eigenvalue weighted by atomic mass is 16.6. The molecule has 7 nitrogen and oxygen atoms in total. The maximum absolute atomic E-state index is 10.7. The van der Waals surface area contributed by atoms with Crippen molar-refractivity contribution in [3.05, 3.63) is 33.8 Å². The normalized spacial score (nSPS) is 22.7. The van der Waals surface area contributed by atoms with Crippen LogP contribution in [0.15, 0.2) is 28.7 Å². The highest BCUT2D eigenvalue weighted by Gasteiger charge is 2.25. The molecule has 0 atom stereocenters. The Hall–Kier alpha value is -1.73. The molecule has 2 aliphatic rings. The number of rotatable bonds is 5. The van der Waals surface area contributed by atoms with Crippen molar-refractivity contribution in [3.8, 4) is 0 Å². The van der Waals surface area contributed by atoms with Gasteiger partial charge in [0.05, 0.1) is 13.2 Å². The number of aliphatic imine (C=N–C) groups is 1. The van der Waals surface area contributed by atoms with Crippen LogP contribution in [0.25, 0.3) is 0 Å². The molecule has 0 spiro atoms. The molecule has 0 aliphatic carbocycles. The lowest BCUT2D eigenvalue weighted by atomic mass is 10.0. The minimum Gasteiger partial charge on any atom is -0.379 e. The van der Waals surface area contributed by atoms with Gasteiger partial charge in [-0.25, -0.2) is 0 Å². The zero-order valence-corrected chi connectivity index (χ0v) is 13.1. The van der Waals surface area contributed by atoms with Crippen LogP contribution in [0.4, 0.5) is 0 Å². The van der Waals surface area contributed by atoms with E-state index in [4.69, 9.17) is 4.74 Å². The zero-order valence-electron chi connectivity index (χ0n) is 13.1. The van der Waals surface area contributed by atoms with Gasteiger partial charge in [0, 0.05) is 44.0 Å². The first-order valence-electron chi connectivity index (χ1n) is 7.68. The van der Waals surface area contributed by atoms with Gasteiger partial charge in [0.25, 0.3) is 0 Å². The third kappa shape index (κ3) is 4.38. The molecule has 0 aromatic rings. The van der Waals surface area contributed by atoms with E-state index in [-0.39, 0.29) is 5.82 Å². The summed E-state index contributed by atoms with van der Waals surface area (Å²) in [5.74, 6) is -0.220. The Bertz CT molecular complexity index is 461. The summed E-state index contributed by atoms with van der Waals surface area (Å²) in [7, 11) is 0. The molecule has 22 heavy (non-hydrogen) atoms. The number of nitrogens with zero attached hydrogens (tertiary/aromatic N) is 4. The monoisotopic (exact) mass is 308 g/mol. The summed E-state index contributed by atoms with van der Waals surface area (Å²) in [6, 6.07) is 0.632. The van der Waals surface area contributed by atoms with Gasteiger partial charge < -0.3 is 19.8 Å². The minimum absolute atomic E-state index is 0.220. The number of ether oxygens (including phenoxy) is 1. The predicted octanol–water partition coefficient (Wildman–Crippen LogP) is 1.51. The fourth-order valence-corrected chi connectivity index (χ4v) is 3.00. The first-order chi connectivity index (χ1) is 10.6. The maximum atomic E-state index is 10.7. The smallest absolute Gasteiger partial charge is 0.362 e. The first kappa shape index (κ1) is 16.6. The summed E-state index contributed by atoms with van der Waals surface area (Å²) in [5, 5.41) is 10.7. The van der Waals surface area contributed by atoms with Crippen molar-refractivity contribution in [2.24, 2.45) is 4.99 Å². The molecule has 0 aromatic heterocycles. The molecule has 7 heteroatoms. The van der Waals surface area contributed by atoms with E-state index in [0.29, 0.717) is 6.04 Å². The predicted molar refractivity (Wildman–Crippen MR) is 85.4 cm³/mol. The van der Waals surface area contributed by atoms with Crippen LogP contribution in [0.2, 0.25) is 0 Å². The molecule has 0 unspecified atom stereocenters. The number of hydrogen-bond donors (Lipinski definition) is 0. The lowest BCUT2D eigenvalue weighted by Crippen LogP contribution is -2.48. The first-order valence-corrected chi connectivity index (χ1v) is 7.68. The highest BCUT2D eigenvalue weighted by molar-refractivity contribution is 5.28. The van der Waals surface area contributed by atoms with Crippen molar-refractivity contribution in [3.63, 3.8) is 0 Å². The largest absolute Gasteiger partial charge is 0.379 e. The van der Waals surface area contributed by atoms with Crippen molar-refractivity contribution in [2.75, 3.05) is 39.4 Å². The second-order valence-electron chi connectivity index (χ2n) is 5.61. The van der Waals surface area contributed by atoms with E-state index >= 15 is 0 Å². The van der Waals surface area contributed by atoms with E-state index < -0.39 is 4.92 Å². The molecule has 2 fully saturated rings. The van der Waals surface area contributed by atoms with Crippen LogP contribution in [0.3, 0.4) is 0 Å². The summed E-state index contributed by atoms with van der Waals surface area (Å²) >= 11 is 0. The van der Waals surface area contributed by atoms with Gasteiger partial charge in [-0.1, -0.05) is 4.99 Å². The molecule has 0 radical (unpaired) electrons. The molecule has 0 saturated carbocycles. The van der Waals surface area contributed by atoms with Gasteiger partial charge in [-0.15, -0.1) is 0 Å². The average Bonchev–Trinajstić information content (AvgIpc) is 2.56. The zero-order chi connectivity index (χ0) is 15.9. The molecular formula is C15H24N4O3. The minimum atomic E-state index is -0.526. The third-order valence-electron chi connectivity index (χ3n) is 4.35. The van der Waals surface area contributed by atoms with Crippen molar-refractivity contribution < 1.29 is 9.66 Å². The van der Waals surface area contributed by atoms with E-state index in [2.05, 4.69) is 21.5 Å². The molecule has 0 amide bonds. The van der Waals surface area contributed by atoms with Gasteiger partial charge in [0.2, 0.25) is 0 Å². The molecule has 2 rings (SSSR count). The molecule has 122 valence electrons. The topological polar surface area (TPSA) is 71.2 Å². The fourth-order valence-electron chi connectivity index (χ4n) is 3.00. The fraction of sp³-hybridized carbons (Fsp3) is 0.667. The number of hydrogen-bond acceptors (Lipinski definition) is 6. The number of morpholine rings is 1. The highest BCUT2D eigenvalue weighted by Crippen LogP contribution is 2.20. The number of nitro groups is 1. The Labute approximate surface area is 131 Å². The van der Waals surface area contributed by atoms with Crippen molar-refractivity contribution in [1.82, 2.24) is 9.80 Å². The summed E-state index contributed by atoms with van der Waals surface area (Å²) in [6.07, 6.45) is 5.41. The number of likely N-dealkylation sites (tertiary alicyclic amines) is 1. The van der Waals surface area contributed by atoms with Crippen molar-refractivity contribution in [1.29, 1.82) is 0 Å². The Morgan fingerprint density at radius 2 is 1.91 bits per heavy atom. The van der Waals surface area contributed by atoms with Crippen LogP contribution in [0.5, 0.6) is 0 Å². The quantitative estimate of drug-likeness (QED) is 0.333. The van der Waals surface area contributed by atoms with E-state index in [9.17, 15) is 10.1 Å². The lowest BCUT2D eigenvalue weighted by molar-refractivity contribution is -0.425. The molecule has 0 bridgehead atoms. The molecular weight excluding hydrogens is 284 g/mol. The molecule has 2 saturated heterocycles. The van der Waals surface area contributed by atoms with Gasteiger partial charge in [-0.3, -0.25) is 4.90 Å². The Morgan fingerprint density at radius 3 is 2.45 bits per heavy atom. The Kier molecular flexibility index (Phi) is 6.09. The van der Waals surface area contributed by atoms with Crippen LogP contribution >= 0.6 is 0 Å². The van der Waals surface area contributed by atoms with E-state index in [1.807, 2.05) is 6.92 Å². The van der Waals surface area contributed by atoms with Gasteiger partial charge in [0.15, 0.2) is 0 Å². The maximum Gasteiger partial charge on any atom is 0.362 e. The standard InChI is InChI=1S/C15H24N4O3/c1-13(3-4-15(16-2)19(20)21)17-7-5-14(6-8-17)18-9-11-22-12-10-18/h3-4,14H,2,5-12H2,1H3/b13-3+,15-4+. The summed E-state index contributed by atoms with van der Waals surface area (Å²) in [6.45, 7) is 10.9. The Balaban J connectivity index is 1.87. The average molecular weight is 308 g/mol. The van der Waals surface area contributed by atoms with Crippen molar-refractivity contribution in [2.45, 2.75) is 25.8 Å². The molecule has 2 heterocycles. The van der Waals surface area contributed by atoms with Crippen LogP contribution in [0.1, 0.15) is 19.8 Å². The summed E-state index contributed by atoms with van der Waals surface area (Å²) in [4.78, 5) is 18.4. The summed E-state index contributed by atoms with van der Waals surface area (Å²) < 4.78 is 5.40. The summed E-state index contributed by atoms with van der Waals surface area (Å²) in [5.41, 5.74) is 1.03. The van der Waals surface area contributed by atoms with Crippen LogP contribution < -0.4 is 0 Å². The van der Waals surface area contributed by atoms with Crippen LogP contribution in [0, 0.1) is 10.1 Å². The third-order valence-corrected chi connectivity index (χ3v) is 4.35. The van der Waals surface area contributed by atoms with E-state index in [0.717, 1.165) is 57.9 Å². The van der Waals surface area contributed by atoms with Gasteiger partial charge in [0.1, 0.15) is 6.72 Å². The molecule has 0 aromatic carbocycles. The van der Waals surface area contributed by atoms with Crippen LogP contribution in [-0.2, 0) is 4.74 Å². The van der Waals surface area contributed by atoms with E-state index in [1.165, 1.54) is 6.08 Å². The number of piperidine rings is 1. The van der Waals surface area contributed by atoms with Gasteiger partial charge in [-0.05, 0) is 30.8 Å². The second-order valence-corrected chi connectivity index (χ2v) is 5.61. The van der Waals surface area contributed by atoms with Gasteiger partial charge in [-0.2, -0.15) is 0 Å². The van der Waals surface area contributed by atoms with E-state index in [1.54, 1.807) is 6.08 Å². The second kappa shape index (κ2) is 8.05. The molecule has 2 aliphatic heterocycles.